The highest BCUT2D eigenvalue weighted by atomic mass is 35.5. The van der Waals surface area contributed by atoms with E-state index >= 15 is 0 Å². The molecular formula is C14H15ClN2O2S2. The van der Waals surface area contributed by atoms with E-state index in [1.54, 1.807) is 19.2 Å². The molecule has 0 unspecified atom stereocenters. The summed E-state index contributed by atoms with van der Waals surface area (Å²) < 4.78 is 6.12. The van der Waals surface area contributed by atoms with Gasteiger partial charge in [-0.2, -0.15) is 0 Å². The van der Waals surface area contributed by atoms with Crippen molar-refractivity contribution in [3.05, 3.63) is 33.8 Å². The predicted molar refractivity (Wildman–Crippen MR) is 88.9 cm³/mol. The lowest BCUT2D eigenvalue weighted by molar-refractivity contribution is -0.113. The summed E-state index contributed by atoms with van der Waals surface area (Å²) in [6, 6.07) is 3.50. The standard InChI is InChI=1S/C14H15ClN2O2S2/c1-8-4-11(12(19-3)5-10(8)15)17-13(18)7-21-14-16-9(2)6-20-14/h4-6H,7H2,1-3H3,(H,17,18). The summed E-state index contributed by atoms with van der Waals surface area (Å²) in [6.07, 6.45) is 0. The summed E-state index contributed by atoms with van der Waals surface area (Å²) in [5.41, 5.74) is 2.48. The average Bonchev–Trinajstić information content (AvgIpc) is 2.86. The van der Waals surface area contributed by atoms with E-state index in [1.165, 1.54) is 23.1 Å². The second-order valence-corrected chi connectivity index (χ2v) is 6.88. The van der Waals surface area contributed by atoms with Gasteiger partial charge in [0.15, 0.2) is 4.34 Å². The largest absolute Gasteiger partial charge is 0.495 e. The molecular weight excluding hydrogens is 328 g/mol. The molecule has 2 aromatic rings. The Balaban J connectivity index is 2.00. The van der Waals surface area contributed by atoms with Crippen LogP contribution in [0, 0.1) is 13.8 Å². The first-order valence-electron chi connectivity index (χ1n) is 6.18. The van der Waals surface area contributed by atoms with Crippen LogP contribution in [0.25, 0.3) is 0 Å². The minimum Gasteiger partial charge on any atom is -0.495 e. The number of halogens is 1. The van der Waals surface area contributed by atoms with Gasteiger partial charge in [-0.05, 0) is 25.5 Å². The summed E-state index contributed by atoms with van der Waals surface area (Å²) in [4.78, 5) is 16.3. The van der Waals surface area contributed by atoms with Crippen LogP contribution in [0.3, 0.4) is 0 Å². The first-order chi connectivity index (χ1) is 9.99. The number of thioether (sulfide) groups is 1. The van der Waals surface area contributed by atoms with Gasteiger partial charge in [-0.25, -0.2) is 4.98 Å². The first kappa shape index (κ1) is 16.1. The van der Waals surface area contributed by atoms with Gasteiger partial charge >= 0.3 is 0 Å². The smallest absolute Gasteiger partial charge is 0.234 e. The number of amides is 1. The summed E-state index contributed by atoms with van der Waals surface area (Å²) in [6.45, 7) is 3.81. The SMILES string of the molecule is COc1cc(Cl)c(C)cc1NC(=O)CSc1nc(C)cs1. The monoisotopic (exact) mass is 342 g/mol. The van der Waals surface area contributed by atoms with Crippen LogP contribution in [-0.4, -0.2) is 23.8 Å². The fourth-order valence-electron chi connectivity index (χ4n) is 1.64. The van der Waals surface area contributed by atoms with Crippen molar-refractivity contribution >= 4 is 46.3 Å². The number of hydrogen-bond acceptors (Lipinski definition) is 5. The number of anilines is 1. The molecule has 1 aromatic heterocycles. The van der Waals surface area contributed by atoms with Crippen molar-refractivity contribution < 1.29 is 9.53 Å². The van der Waals surface area contributed by atoms with Crippen molar-refractivity contribution in [2.45, 2.75) is 18.2 Å². The van der Waals surface area contributed by atoms with E-state index in [-0.39, 0.29) is 5.91 Å². The number of carbonyl (C=O) groups is 1. The number of rotatable bonds is 5. The van der Waals surface area contributed by atoms with Gasteiger partial charge in [0, 0.05) is 22.2 Å². The first-order valence-corrected chi connectivity index (χ1v) is 8.43. The molecule has 0 aliphatic rings. The van der Waals surface area contributed by atoms with Crippen LogP contribution < -0.4 is 10.1 Å². The molecule has 0 aliphatic carbocycles. The number of methoxy groups -OCH3 is 1. The third-order valence-electron chi connectivity index (χ3n) is 2.68. The van der Waals surface area contributed by atoms with Crippen LogP contribution in [0.2, 0.25) is 5.02 Å². The molecule has 112 valence electrons. The summed E-state index contributed by atoms with van der Waals surface area (Å²) in [5, 5.41) is 5.41. The van der Waals surface area contributed by atoms with Gasteiger partial charge in [0.2, 0.25) is 5.91 Å². The number of thiazole rings is 1. The van der Waals surface area contributed by atoms with Gasteiger partial charge in [0.05, 0.1) is 18.6 Å². The van der Waals surface area contributed by atoms with E-state index in [0.29, 0.717) is 22.2 Å². The molecule has 0 radical (unpaired) electrons. The second-order valence-electron chi connectivity index (χ2n) is 4.39. The number of nitrogens with zero attached hydrogens (tertiary/aromatic N) is 1. The highest BCUT2D eigenvalue weighted by Crippen LogP contribution is 2.31. The average molecular weight is 343 g/mol. The maximum Gasteiger partial charge on any atom is 0.234 e. The number of carbonyl (C=O) groups excluding carboxylic acids is 1. The van der Waals surface area contributed by atoms with Crippen molar-refractivity contribution in [1.82, 2.24) is 4.98 Å². The van der Waals surface area contributed by atoms with Crippen molar-refractivity contribution in [2.75, 3.05) is 18.2 Å². The van der Waals surface area contributed by atoms with Crippen LogP contribution in [0.1, 0.15) is 11.3 Å². The van der Waals surface area contributed by atoms with Crippen LogP contribution >= 0.6 is 34.7 Å². The lowest BCUT2D eigenvalue weighted by Gasteiger charge is -2.12. The lowest BCUT2D eigenvalue weighted by atomic mass is 10.2. The summed E-state index contributed by atoms with van der Waals surface area (Å²) >= 11 is 9.00. The Bertz CT molecular complexity index is 658. The minimum absolute atomic E-state index is 0.104. The van der Waals surface area contributed by atoms with Gasteiger partial charge in [0.25, 0.3) is 0 Å². The normalized spacial score (nSPS) is 10.5. The maximum absolute atomic E-state index is 12.0. The molecule has 21 heavy (non-hydrogen) atoms. The van der Waals surface area contributed by atoms with Crippen molar-refractivity contribution in [3.63, 3.8) is 0 Å². The van der Waals surface area contributed by atoms with Gasteiger partial charge < -0.3 is 10.1 Å². The van der Waals surface area contributed by atoms with Gasteiger partial charge in [-0.15, -0.1) is 11.3 Å². The molecule has 0 fully saturated rings. The topological polar surface area (TPSA) is 51.2 Å². The molecule has 0 atom stereocenters. The molecule has 0 spiro atoms. The fourth-order valence-corrected chi connectivity index (χ4v) is 3.45. The Morgan fingerprint density at radius 1 is 1.48 bits per heavy atom. The highest BCUT2D eigenvalue weighted by Gasteiger charge is 2.11. The Kier molecular flexibility index (Phi) is 5.50. The number of hydrogen-bond donors (Lipinski definition) is 1. The third-order valence-corrected chi connectivity index (χ3v) is 5.23. The molecule has 1 amide bonds. The van der Waals surface area contributed by atoms with E-state index in [9.17, 15) is 4.79 Å². The summed E-state index contributed by atoms with van der Waals surface area (Å²) in [7, 11) is 1.55. The molecule has 0 bridgehead atoms. The van der Waals surface area contributed by atoms with Crippen molar-refractivity contribution in [3.8, 4) is 5.75 Å². The number of ether oxygens (including phenoxy) is 1. The lowest BCUT2D eigenvalue weighted by Crippen LogP contribution is -2.14. The van der Waals surface area contributed by atoms with Gasteiger partial charge in [-0.3, -0.25) is 4.79 Å². The van der Waals surface area contributed by atoms with Crippen LogP contribution in [0.5, 0.6) is 5.75 Å². The Morgan fingerprint density at radius 2 is 2.24 bits per heavy atom. The molecule has 0 aliphatic heterocycles. The van der Waals surface area contributed by atoms with E-state index in [1.807, 2.05) is 19.2 Å². The Morgan fingerprint density at radius 3 is 2.86 bits per heavy atom. The zero-order valence-electron chi connectivity index (χ0n) is 11.9. The Labute approximate surface area is 136 Å². The van der Waals surface area contributed by atoms with Crippen LogP contribution in [-0.2, 0) is 4.79 Å². The summed E-state index contributed by atoms with van der Waals surface area (Å²) in [5.74, 6) is 0.750. The van der Waals surface area contributed by atoms with Gasteiger partial charge in [-0.1, -0.05) is 23.4 Å². The zero-order chi connectivity index (χ0) is 15.4. The van der Waals surface area contributed by atoms with Gasteiger partial charge in [0.1, 0.15) is 5.75 Å². The maximum atomic E-state index is 12.0. The minimum atomic E-state index is -0.104. The highest BCUT2D eigenvalue weighted by molar-refractivity contribution is 8.01. The zero-order valence-corrected chi connectivity index (χ0v) is 14.3. The number of aryl methyl sites for hydroxylation is 2. The Hall–Kier alpha value is -1.24. The number of nitrogens with one attached hydrogen (secondary N) is 1. The van der Waals surface area contributed by atoms with E-state index in [4.69, 9.17) is 16.3 Å². The molecule has 1 aromatic carbocycles. The van der Waals surface area contributed by atoms with E-state index in [0.717, 1.165) is 15.6 Å². The molecule has 1 heterocycles. The molecule has 7 heteroatoms. The fraction of sp³-hybridized carbons (Fsp3) is 0.286. The number of benzene rings is 1. The number of aromatic nitrogens is 1. The van der Waals surface area contributed by atoms with Crippen molar-refractivity contribution in [2.24, 2.45) is 0 Å². The van der Waals surface area contributed by atoms with E-state index in [2.05, 4.69) is 10.3 Å². The van der Waals surface area contributed by atoms with Crippen molar-refractivity contribution in [1.29, 1.82) is 0 Å². The molecule has 0 saturated carbocycles. The molecule has 2 rings (SSSR count). The van der Waals surface area contributed by atoms with Crippen LogP contribution in [0.4, 0.5) is 5.69 Å². The molecule has 4 nitrogen and oxygen atoms in total. The van der Waals surface area contributed by atoms with Crippen LogP contribution in [0.15, 0.2) is 21.9 Å². The molecule has 1 N–H and O–H groups in total. The quantitative estimate of drug-likeness (QED) is 0.829. The molecule has 0 saturated heterocycles. The predicted octanol–water partition coefficient (Wildman–Crippen LogP) is 4.15. The second kappa shape index (κ2) is 7.15. The van der Waals surface area contributed by atoms with E-state index < -0.39 is 0 Å². The third kappa shape index (κ3) is 4.36.